The van der Waals surface area contributed by atoms with Gasteiger partial charge in [-0.1, -0.05) is 13.0 Å². The molecule has 11 heavy (non-hydrogen) atoms. The number of benzene rings is 1. The molecule has 0 amide bonds. The standard InChI is InChI=1S/C8H11NO.ClH/c1-2-6-3-4-8(10)7(9)5-6;/h3-5,10H,2,9H2,1H3;1H. The lowest BCUT2D eigenvalue weighted by Gasteiger charge is -1.99. The Morgan fingerprint density at radius 2 is 2.09 bits per heavy atom. The van der Waals surface area contributed by atoms with Crippen LogP contribution in [0, 0.1) is 0 Å². The van der Waals surface area contributed by atoms with Crippen molar-refractivity contribution in [2.45, 2.75) is 13.3 Å². The van der Waals surface area contributed by atoms with Gasteiger partial charge in [-0.2, -0.15) is 0 Å². The van der Waals surface area contributed by atoms with Crippen LogP contribution in [0.15, 0.2) is 18.2 Å². The van der Waals surface area contributed by atoms with E-state index < -0.39 is 0 Å². The Hall–Kier alpha value is -0.890. The van der Waals surface area contributed by atoms with Crippen LogP contribution in [0.4, 0.5) is 5.69 Å². The molecule has 0 radical (unpaired) electrons. The number of hydrogen-bond acceptors (Lipinski definition) is 2. The second kappa shape index (κ2) is 4.09. The summed E-state index contributed by atoms with van der Waals surface area (Å²) in [6, 6.07) is 5.27. The molecule has 3 heteroatoms. The van der Waals surface area contributed by atoms with E-state index in [1.165, 1.54) is 0 Å². The quantitative estimate of drug-likeness (QED) is 0.504. The lowest BCUT2D eigenvalue weighted by Crippen LogP contribution is -1.87. The molecule has 0 unspecified atom stereocenters. The van der Waals surface area contributed by atoms with Crippen LogP contribution in [-0.2, 0) is 6.42 Å². The Morgan fingerprint density at radius 1 is 1.45 bits per heavy atom. The van der Waals surface area contributed by atoms with Crippen molar-refractivity contribution < 1.29 is 5.11 Å². The van der Waals surface area contributed by atoms with E-state index in [2.05, 4.69) is 0 Å². The van der Waals surface area contributed by atoms with Crippen LogP contribution in [-0.4, -0.2) is 5.11 Å². The maximum absolute atomic E-state index is 9.01. The normalized spacial score (nSPS) is 8.82. The van der Waals surface area contributed by atoms with Crippen molar-refractivity contribution in [2.75, 3.05) is 5.73 Å². The number of nitrogen functional groups attached to an aromatic ring is 1. The average Bonchev–Trinajstić information content (AvgIpc) is 1.95. The largest absolute Gasteiger partial charge is 0.506 e. The summed E-state index contributed by atoms with van der Waals surface area (Å²) in [6.45, 7) is 2.05. The minimum Gasteiger partial charge on any atom is -0.506 e. The number of halogens is 1. The zero-order valence-electron chi connectivity index (χ0n) is 6.37. The molecule has 0 heterocycles. The van der Waals surface area contributed by atoms with Crippen molar-refractivity contribution in [1.82, 2.24) is 0 Å². The van der Waals surface area contributed by atoms with E-state index >= 15 is 0 Å². The van der Waals surface area contributed by atoms with Crippen molar-refractivity contribution in [3.8, 4) is 5.75 Å². The number of hydrogen-bond donors (Lipinski definition) is 2. The molecule has 0 saturated heterocycles. The van der Waals surface area contributed by atoms with E-state index in [-0.39, 0.29) is 18.2 Å². The summed E-state index contributed by atoms with van der Waals surface area (Å²) in [5, 5.41) is 9.01. The van der Waals surface area contributed by atoms with Gasteiger partial charge in [-0.3, -0.25) is 0 Å². The van der Waals surface area contributed by atoms with Crippen LogP contribution in [0.3, 0.4) is 0 Å². The minimum atomic E-state index is 0. The summed E-state index contributed by atoms with van der Waals surface area (Å²) in [5.74, 6) is 0.164. The van der Waals surface area contributed by atoms with Gasteiger partial charge in [0, 0.05) is 0 Å². The molecule has 0 aromatic heterocycles. The topological polar surface area (TPSA) is 46.2 Å². The summed E-state index contributed by atoms with van der Waals surface area (Å²) < 4.78 is 0. The van der Waals surface area contributed by atoms with Gasteiger partial charge >= 0.3 is 0 Å². The molecule has 0 saturated carbocycles. The molecule has 1 rings (SSSR count). The SMILES string of the molecule is CCc1ccc(O)c(N)c1.Cl. The van der Waals surface area contributed by atoms with E-state index in [1.54, 1.807) is 12.1 Å². The summed E-state index contributed by atoms with van der Waals surface area (Å²) >= 11 is 0. The number of rotatable bonds is 1. The smallest absolute Gasteiger partial charge is 0.138 e. The van der Waals surface area contributed by atoms with Crippen molar-refractivity contribution in [3.63, 3.8) is 0 Å². The first-order chi connectivity index (χ1) is 4.74. The number of aromatic hydroxyl groups is 1. The molecule has 2 nitrogen and oxygen atoms in total. The molecule has 1 aromatic carbocycles. The molecule has 62 valence electrons. The third kappa shape index (κ3) is 2.31. The summed E-state index contributed by atoms with van der Waals surface area (Å²) in [7, 11) is 0. The molecule has 3 N–H and O–H groups in total. The van der Waals surface area contributed by atoms with Gasteiger partial charge in [0.25, 0.3) is 0 Å². The molecule has 0 spiro atoms. The Morgan fingerprint density at radius 3 is 2.55 bits per heavy atom. The first-order valence-corrected chi connectivity index (χ1v) is 3.31. The Balaban J connectivity index is 0.000001000. The fourth-order valence-corrected chi connectivity index (χ4v) is 0.824. The van der Waals surface area contributed by atoms with E-state index in [4.69, 9.17) is 10.8 Å². The highest BCUT2D eigenvalue weighted by Gasteiger charge is 1.95. The van der Waals surface area contributed by atoms with Gasteiger partial charge in [-0.15, -0.1) is 12.4 Å². The van der Waals surface area contributed by atoms with Crippen LogP contribution in [0.1, 0.15) is 12.5 Å². The van der Waals surface area contributed by atoms with Crippen molar-refractivity contribution >= 4 is 18.1 Å². The van der Waals surface area contributed by atoms with Gasteiger partial charge in [-0.05, 0) is 24.1 Å². The third-order valence-corrected chi connectivity index (χ3v) is 1.50. The average molecular weight is 174 g/mol. The van der Waals surface area contributed by atoms with Gasteiger partial charge in [0.05, 0.1) is 5.69 Å². The monoisotopic (exact) mass is 173 g/mol. The fourth-order valence-electron chi connectivity index (χ4n) is 0.824. The fraction of sp³-hybridized carbons (Fsp3) is 0.250. The highest BCUT2D eigenvalue weighted by Crippen LogP contribution is 2.20. The van der Waals surface area contributed by atoms with E-state index in [0.29, 0.717) is 5.69 Å². The number of phenols is 1. The first-order valence-electron chi connectivity index (χ1n) is 3.31. The highest BCUT2D eigenvalue weighted by atomic mass is 35.5. The number of aryl methyl sites for hydroxylation is 1. The summed E-state index contributed by atoms with van der Waals surface area (Å²) in [5.41, 5.74) is 7.05. The zero-order chi connectivity index (χ0) is 7.56. The van der Waals surface area contributed by atoms with Crippen molar-refractivity contribution in [1.29, 1.82) is 0 Å². The molecular weight excluding hydrogens is 162 g/mol. The number of phenolic OH excluding ortho intramolecular Hbond substituents is 1. The zero-order valence-corrected chi connectivity index (χ0v) is 7.19. The van der Waals surface area contributed by atoms with Crippen LogP contribution < -0.4 is 5.73 Å². The molecule has 0 aliphatic rings. The van der Waals surface area contributed by atoms with Gasteiger partial charge in [0.15, 0.2) is 0 Å². The Kier molecular flexibility index (Phi) is 3.76. The van der Waals surface area contributed by atoms with Crippen molar-refractivity contribution in [3.05, 3.63) is 23.8 Å². The lowest BCUT2D eigenvalue weighted by atomic mass is 10.1. The minimum absolute atomic E-state index is 0. The second-order valence-electron chi connectivity index (χ2n) is 2.25. The molecule has 0 fully saturated rings. The maximum Gasteiger partial charge on any atom is 0.138 e. The Bertz CT molecular complexity index is 238. The van der Waals surface area contributed by atoms with Gasteiger partial charge in [0.1, 0.15) is 5.75 Å². The van der Waals surface area contributed by atoms with E-state index in [9.17, 15) is 0 Å². The first kappa shape index (κ1) is 10.1. The number of anilines is 1. The van der Waals surface area contributed by atoms with Crippen LogP contribution in [0.5, 0.6) is 5.75 Å². The third-order valence-electron chi connectivity index (χ3n) is 1.50. The number of nitrogens with two attached hydrogens (primary N) is 1. The predicted molar refractivity (Wildman–Crippen MR) is 49.1 cm³/mol. The molecule has 0 bridgehead atoms. The Labute approximate surface area is 72.4 Å². The molecule has 0 aliphatic heterocycles. The van der Waals surface area contributed by atoms with E-state index in [0.717, 1.165) is 12.0 Å². The molecule has 0 aliphatic carbocycles. The molecule has 0 atom stereocenters. The van der Waals surface area contributed by atoms with Crippen LogP contribution >= 0.6 is 12.4 Å². The summed E-state index contributed by atoms with van der Waals surface area (Å²) in [6.07, 6.45) is 0.949. The highest BCUT2D eigenvalue weighted by molar-refractivity contribution is 5.85. The van der Waals surface area contributed by atoms with Gasteiger partial charge < -0.3 is 10.8 Å². The van der Waals surface area contributed by atoms with Crippen LogP contribution in [0.25, 0.3) is 0 Å². The van der Waals surface area contributed by atoms with E-state index in [1.807, 2.05) is 13.0 Å². The van der Waals surface area contributed by atoms with Gasteiger partial charge in [0.2, 0.25) is 0 Å². The van der Waals surface area contributed by atoms with Gasteiger partial charge in [-0.25, -0.2) is 0 Å². The summed E-state index contributed by atoms with van der Waals surface area (Å²) in [4.78, 5) is 0. The molecule has 1 aromatic rings. The second-order valence-corrected chi connectivity index (χ2v) is 2.25. The van der Waals surface area contributed by atoms with Crippen LogP contribution in [0.2, 0.25) is 0 Å². The molecular formula is C8H12ClNO. The maximum atomic E-state index is 9.01. The lowest BCUT2D eigenvalue weighted by molar-refractivity contribution is 0.478. The predicted octanol–water partition coefficient (Wildman–Crippen LogP) is 1.96. The van der Waals surface area contributed by atoms with Crippen molar-refractivity contribution in [2.24, 2.45) is 0 Å².